The maximum Gasteiger partial charge on any atom is 0.416 e. The lowest BCUT2D eigenvalue weighted by Gasteiger charge is -2.12. The molecule has 0 atom stereocenters. The van der Waals surface area contributed by atoms with E-state index < -0.39 is 35.1 Å². The Labute approximate surface area is 141 Å². The van der Waals surface area contributed by atoms with Crippen molar-refractivity contribution in [2.75, 3.05) is 0 Å². The predicted octanol–water partition coefficient (Wildman–Crippen LogP) is 2.84. The molecule has 6 nitrogen and oxygen atoms in total. The quantitative estimate of drug-likeness (QED) is 0.617. The van der Waals surface area contributed by atoms with Crippen molar-refractivity contribution in [3.63, 3.8) is 0 Å². The van der Waals surface area contributed by atoms with E-state index in [0.717, 1.165) is 25.0 Å². The van der Waals surface area contributed by atoms with Crippen LogP contribution in [0.15, 0.2) is 28.9 Å². The van der Waals surface area contributed by atoms with E-state index in [-0.39, 0.29) is 22.6 Å². The molecule has 1 aromatic carbocycles. The SMILES string of the molecule is O=C(c1ccc(C(F)(F)F)cc1CO[SH](=O)=O)c1cnoc1C1CC1. The molecule has 25 heavy (non-hydrogen) atoms. The Morgan fingerprint density at radius 1 is 1.28 bits per heavy atom. The number of halogens is 3. The third kappa shape index (κ3) is 3.90. The lowest BCUT2D eigenvalue weighted by Crippen LogP contribution is -2.11. The third-order valence-corrected chi connectivity index (χ3v) is 4.13. The van der Waals surface area contributed by atoms with Gasteiger partial charge in [0.05, 0.1) is 23.9 Å². The van der Waals surface area contributed by atoms with Crippen LogP contribution in [0.3, 0.4) is 0 Å². The highest BCUT2D eigenvalue weighted by molar-refractivity contribution is 7.67. The number of alkyl halides is 3. The fourth-order valence-electron chi connectivity index (χ4n) is 2.44. The van der Waals surface area contributed by atoms with Gasteiger partial charge < -0.3 is 4.52 Å². The minimum absolute atomic E-state index is 0.0757. The van der Waals surface area contributed by atoms with Crippen molar-refractivity contribution in [1.82, 2.24) is 5.16 Å². The molecule has 1 aliphatic carbocycles. The van der Waals surface area contributed by atoms with Crippen molar-refractivity contribution in [2.24, 2.45) is 0 Å². The molecule has 0 bridgehead atoms. The smallest absolute Gasteiger partial charge is 0.360 e. The van der Waals surface area contributed by atoms with E-state index in [9.17, 15) is 26.4 Å². The maximum absolute atomic E-state index is 12.9. The van der Waals surface area contributed by atoms with Gasteiger partial charge in [-0.2, -0.15) is 13.2 Å². The summed E-state index contributed by atoms with van der Waals surface area (Å²) in [5.74, 6) is -0.116. The molecule has 1 aromatic heterocycles. The third-order valence-electron chi connectivity index (χ3n) is 3.79. The van der Waals surface area contributed by atoms with Crippen molar-refractivity contribution in [3.05, 3.63) is 52.4 Å². The molecule has 1 fully saturated rings. The van der Waals surface area contributed by atoms with Gasteiger partial charge in [-0.1, -0.05) is 11.2 Å². The summed E-state index contributed by atoms with van der Waals surface area (Å²) < 4.78 is 69.3. The Morgan fingerprint density at radius 2 is 2.00 bits per heavy atom. The number of rotatable bonds is 6. The first kappa shape index (κ1) is 17.6. The van der Waals surface area contributed by atoms with Crippen molar-refractivity contribution in [3.8, 4) is 0 Å². The second kappa shape index (κ2) is 6.60. The molecule has 0 N–H and O–H groups in total. The molecular formula is C15H12F3NO5S. The van der Waals surface area contributed by atoms with Crippen LogP contribution in [0.2, 0.25) is 0 Å². The zero-order valence-corrected chi connectivity index (χ0v) is 13.5. The topological polar surface area (TPSA) is 86.5 Å². The average molecular weight is 375 g/mol. The number of carbonyl (C=O) groups is 1. The molecule has 0 amide bonds. The van der Waals surface area contributed by atoms with E-state index in [1.807, 2.05) is 0 Å². The Kier molecular flexibility index (Phi) is 4.65. The van der Waals surface area contributed by atoms with Gasteiger partial charge in [-0.05, 0) is 30.5 Å². The average Bonchev–Trinajstić information content (AvgIpc) is 3.28. The lowest BCUT2D eigenvalue weighted by atomic mass is 9.96. The van der Waals surface area contributed by atoms with Crippen LogP contribution in [-0.2, 0) is 28.0 Å². The van der Waals surface area contributed by atoms with Crippen LogP contribution in [0.4, 0.5) is 13.2 Å². The molecule has 0 aliphatic heterocycles. The van der Waals surface area contributed by atoms with Gasteiger partial charge in [0.1, 0.15) is 0 Å². The normalized spacial score (nSPS) is 14.9. The van der Waals surface area contributed by atoms with Crippen LogP contribution < -0.4 is 0 Å². The van der Waals surface area contributed by atoms with Crippen molar-refractivity contribution < 1.29 is 35.1 Å². The molecule has 134 valence electrons. The van der Waals surface area contributed by atoms with Crippen LogP contribution in [0.1, 0.15) is 51.6 Å². The molecular weight excluding hydrogens is 363 g/mol. The highest BCUT2D eigenvalue weighted by atomic mass is 32.2. The molecule has 1 saturated carbocycles. The second-order valence-electron chi connectivity index (χ2n) is 5.57. The van der Waals surface area contributed by atoms with E-state index in [2.05, 4.69) is 9.34 Å². The summed E-state index contributed by atoms with van der Waals surface area (Å²) in [5, 5.41) is 3.59. The Balaban J connectivity index is 2.01. The minimum Gasteiger partial charge on any atom is -0.360 e. The van der Waals surface area contributed by atoms with E-state index in [1.54, 1.807) is 0 Å². The highest BCUT2D eigenvalue weighted by Crippen LogP contribution is 2.42. The van der Waals surface area contributed by atoms with E-state index in [4.69, 9.17) is 4.52 Å². The van der Waals surface area contributed by atoms with Gasteiger partial charge in [0.15, 0.2) is 11.5 Å². The molecule has 1 heterocycles. The molecule has 0 unspecified atom stereocenters. The highest BCUT2D eigenvalue weighted by Gasteiger charge is 2.34. The maximum atomic E-state index is 12.9. The Morgan fingerprint density at radius 3 is 2.60 bits per heavy atom. The zero-order valence-electron chi connectivity index (χ0n) is 12.6. The monoisotopic (exact) mass is 375 g/mol. The van der Waals surface area contributed by atoms with E-state index >= 15 is 0 Å². The predicted molar refractivity (Wildman–Crippen MR) is 78.5 cm³/mol. The number of hydrogen-bond donors (Lipinski definition) is 1. The lowest BCUT2D eigenvalue weighted by molar-refractivity contribution is -0.137. The molecule has 2 aromatic rings. The fourth-order valence-corrected chi connectivity index (χ4v) is 2.68. The molecule has 10 heteroatoms. The summed E-state index contributed by atoms with van der Waals surface area (Å²) in [6, 6.07) is 2.47. The van der Waals surface area contributed by atoms with Crippen molar-refractivity contribution >= 4 is 16.8 Å². The van der Waals surface area contributed by atoms with Crippen LogP contribution in [-0.4, -0.2) is 19.4 Å². The van der Waals surface area contributed by atoms with Crippen LogP contribution in [0.25, 0.3) is 0 Å². The number of hydrogen-bond acceptors (Lipinski definition) is 6. The zero-order chi connectivity index (χ0) is 18.2. The number of thiol groups is 1. The first-order valence-corrected chi connectivity index (χ1v) is 8.33. The second-order valence-corrected chi connectivity index (χ2v) is 6.28. The van der Waals surface area contributed by atoms with Crippen LogP contribution >= 0.6 is 0 Å². The number of aromatic nitrogens is 1. The molecule has 3 rings (SSSR count). The number of ketones is 1. The molecule has 0 saturated heterocycles. The summed E-state index contributed by atoms with van der Waals surface area (Å²) >= 11 is 0. The van der Waals surface area contributed by atoms with Crippen molar-refractivity contribution in [2.45, 2.75) is 31.5 Å². The van der Waals surface area contributed by atoms with Gasteiger partial charge in [0.2, 0.25) is 0 Å². The van der Waals surface area contributed by atoms with Gasteiger partial charge in [-0.25, -0.2) is 8.42 Å². The van der Waals surface area contributed by atoms with E-state index in [1.165, 1.54) is 6.20 Å². The number of nitrogens with zero attached hydrogens (tertiary/aromatic N) is 1. The first-order valence-electron chi connectivity index (χ1n) is 7.24. The minimum atomic E-state index is -4.63. The summed E-state index contributed by atoms with van der Waals surface area (Å²) in [4.78, 5) is 12.7. The van der Waals surface area contributed by atoms with Crippen molar-refractivity contribution in [1.29, 1.82) is 0 Å². The van der Waals surface area contributed by atoms with Gasteiger partial charge in [0.25, 0.3) is 11.0 Å². The summed E-state index contributed by atoms with van der Waals surface area (Å²) in [6.45, 7) is -0.673. The number of benzene rings is 1. The standard InChI is InChI=1S/C15H12F3NO5S/c16-15(17,18)10-3-4-11(9(5-10)7-23-25(21)22)13(20)12-6-19-24-14(12)8-1-2-8/h3-6,8,25H,1-2,7H2. The molecule has 0 spiro atoms. The van der Waals surface area contributed by atoms with Gasteiger partial charge in [-0.3, -0.25) is 8.98 Å². The first-order chi connectivity index (χ1) is 11.8. The van der Waals surface area contributed by atoms with E-state index in [0.29, 0.717) is 11.8 Å². The largest absolute Gasteiger partial charge is 0.416 e. The van der Waals surface area contributed by atoms with Crippen LogP contribution in [0.5, 0.6) is 0 Å². The van der Waals surface area contributed by atoms with Gasteiger partial charge in [-0.15, -0.1) is 0 Å². The molecule has 0 radical (unpaired) electrons. The summed E-state index contributed by atoms with van der Waals surface area (Å²) in [7, 11) is -3.27. The Hall–Kier alpha value is -2.20. The van der Waals surface area contributed by atoms with Crippen LogP contribution in [0, 0.1) is 0 Å². The van der Waals surface area contributed by atoms with Gasteiger partial charge in [0, 0.05) is 11.5 Å². The fraction of sp³-hybridized carbons (Fsp3) is 0.333. The summed E-state index contributed by atoms with van der Waals surface area (Å²) in [6.07, 6.45) is -1.73. The summed E-state index contributed by atoms with van der Waals surface area (Å²) in [5.41, 5.74) is -1.11. The Bertz CT molecular complexity index is 876. The number of carbonyl (C=O) groups excluding carboxylic acids is 1. The van der Waals surface area contributed by atoms with Gasteiger partial charge >= 0.3 is 6.18 Å². The molecule has 1 aliphatic rings.